The molecule has 1 saturated heterocycles. The SMILES string of the molecule is NC(=NCc1ccco1)NCCN1CCNCC1. The third-order valence-corrected chi connectivity index (χ3v) is 2.93. The molecule has 0 aromatic carbocycles. The van der Waals surface area contributed by atoms with Crippen molar-refractivity contribution in [3.8, 4) is 0 Å². The van der Waals surface area contributed by atoms with Gasteiger partial charge in [-0.05, 0) is 12.1 Å². The van der Waals surface area contributed by atoms with E-state index in [1.54, 1.807) is 6.26 Å². The fourth-order valence-corrected chi connectivity index (χ4v) is 1.90. The fraction of sp³-hybridized carbons (Fsp3) is 0.583. The van der Waals surface area contributed by atoms with Crippen LogP contribution in [0.5, 0.6) is 0 Å². The summed E-state index contributed by atoms with van der Waals surface area (Å²) in [5, 5.41) is 6.45. The zero-order valence-corrected chi connectivity index (χ0v) is 10.6. The molecule has 0 spiro atoms. The van der Waals surface area contributed by atoms with Crippen LogP contribution in [0, 0.1) is 0 Å². The largest absolute Gasteiger partial charge is 0.467 e. The highest BCUT2D eigenvalue weighted by Gasteiger charge is 2.08. The van der Waals surface area contributed by atoms with Crippen molar-refractivity contribution in [2.45, 2.75) is 6.54 Å². The molecular weight excluding hydrogens is 230 g/mol. The molecule has 0 bridgehead atoms. The average Bonchev–Trinajstić information content (AvgIpc) is 2.91. The van der Waals surface area contributed by atoms with E-state index in [0.29, 0.717) is 12.5 Å². The van der Waals surface area contributed by atoms with Crippen molar-refractivity contribution in [2.24, 2.45) is 10.7 Å². The molecule has 0 radical (unpaired) electrons. The second kappa shape index (κ2) is 7.03. The van der Waals surface area contributed by atoms with Crippen LogP contribution in [0.4, 0.5) is 0 Å². The van der Waals surface area contributed by atoms with Crippen LogP contribution < -0.4 is 16.4 Å². The molecule has 1 aromatic rings. The van der Waals surface area contributed by atoms with Gasteiger partial charge in [-0.3, -0.25) is 4.90 Å². The van der Waals surface area contributed by atoms with Crippen LogP contribution >= 0.6 is 0 Å². The zero-order valence-electron chi connectivity index (χ0n) is 10.6. The number of nitrogens with one attached hydrogen (secondary N) is 2. The Labute approximate surface area is 107 Å². The Morgan fingerprint density at radius 2 is 2.33 bits per heavy atom. The van der Waals surface area contributed by atoms with E-state index in [-0.39, 0.29) is 0 Å². The van der Waals surface area contributed by atoms with E-state index in [1.165, 1.54) is 0 Å². The summed E-state index contributed by atoms with van der Waals surface area (Å²) in [6.45, 7) is 6.66. The van der Waals surface area contributed by atoms with Crippen molar-refractivity contribution in [1.29, 1.82) is 0 Å². The summed E-state index contributed by atoms with van der Waals surface area (Å²) in [5.41, 5.74) is 5.77. The van der Waals surface area contributed by atoms with Crippen LogP contribution in [-0.4, -0.2) is 50.1 Å². The Bertz CT molecular complexity index is 357. The van der Waals surface area contributed by atoms with Crippen molar-refractivity contribution < 1.29 is 4.42 Å². The standard InChI is InChI=1S/C12H21N5O/c13-12(16-10-11-2-1-9-18-11)15-5-8-17-6-3-14-4-7-17/h1-2,9,14H,3-8,10H2,(H3,13,15,16). The fourth-order valence-electron chi connectivity index (χ4n) is 1.90. The quantitative estimate of drug-likeness (QED) is 0.490. The summed E-state index contributed by atoms with van der Waals surface area (Å²) >= 11 is 0. The molecule has 0 atom stereocenters. The Balaban J connectivity index is 1.61. The minimum atomic E-state index is 0.474. The normalized spacial score (nSPS) is 17.9. The van der Waals surface area contributed by atoms with Crippen LogP contribution in [0.15, 0.2) is 27.8 Å². The number of rotatable bonds is 5. The van der Waals surface area contributed by atoms with E-state index in [4.69, 9.17) is 10.2 Å². The smallest absolute Gasteiger partial charge is 0.189 e. The number of aliphatic imine (C=N–C) groups is 1. The van der Waals surface area contributed by atoms with Gasteiger partial charge in [-0.25, -0.2) is 4.99 Å². The van der Waals surface area contributed by atoms with E-state index in [9.17, 15) is 0 Å². The maximum Gasteiger partial charge on any atom is 0.189 e. The third-order valence-electron chi connectivity index (χ3n) is 2.93. The maximum atomic E-state index is 5.77. The number of nitrogens with zero attached hydrogens (tertiary/aromatic N) is 2. The molecule has 0 aliphatic carbocycles. The molecular formula is C12H21N5O. The number of nitrogens with two attached hydrogens (primary N) is 1. The molecule has 0 saturated carbocycles. The Morgan fingerprint density at radius 3 is 3.06 bits per heavy atom. The van der Waals surface area contributed by atoms with Crippen LogP contribution in [0.1, 0.15) is 5.76 Å². The first kappa shape index (κ1) is 12.9. The van der Waals surface area contributed by atoms with Crippen molar-refractivity contribution in [2.75, 3.05) is 39.3 Å². The van der Waals surface area contributed by atoms with E-state index in [1.807, 2.05) is 12.1 Å². The molecule has 1 aliphatic rings. The maximum absolute atomic E-state index is 5.77. The summed E-state index contributed by atoms with van der Waals surface area (Å²) < 4.78 is 5.18. The highest BCUT2D eigenvalue weighted by atomic mass is 16.3. The van der Waals surface area contributed by atoms with Gasteiger partial charge in [0, 0.05) is 39.3 Å². The monoisotopic (exact) mass is 251 g/mol. The Kier molecular flexibility index (Phi) is 5.04. The molecule has 4 N–H and O–H groups in total. The summed E-state index contributed by atoms with van der Waals surface area (Å²) in [6.07, 6.45) is 1.64. The summed E-state index contributed by atoms with van der Waals surface area (Å²) in [6, 6.07) is 3.73. The molecule has 0 unspecified atom stereocenters. The highest BCUT2D eigenvalue weighted by molar-refractivity contribution is 5.77. The minimum Gasteiger partial charge on any atom is -0.467 e. The van der Waals surface area contributed by atoms with Gasteiger partial charge in [-0.2, -0.15) is 0 Å². The van der Waals surface area contributed by atoms with Crippen LogP contribution in [0.2, 0.25) is 0 Å². The van der Waals surface area contributed by atoms with Gasteiger partial charge in [-0.1, -0.05) is 0 Å². The summed E-state index contributed by atoms with van der Waals surface area (Å²) in [5.74, 6) is 1.29. The van der Waals surface area contributed by atoms with Crippen molar-refractivity contribution in [3.05, 3.63) is 24.2 Å². The van der Waals surface area contributed by atoms with Gasteiger partial charge in [0.2, 0.25) is 0 Å². The summed E-state index contributed by atoms with van der Waals surface area (Å²) in [7, 11) is 0. The Morgan fingerprint density at radius 1 is 1.50 bits per heavy atom. The van der Waals surface area contributed by atoms with Gasteiger partial charge >= 0.3 is 0 Å². The van der Waals surface area contributed by atoms with Gasteiger partial charge in [0.25, 0.3) is 0 Å². The van der Waals surface area contributed by atoms with Gasteiger partial charge < -0.3 is 20.8 Å². The zero-order chi connectivity index (χ0) is 12.6. The predicted molar refractivity (Wildman–Crippen MR) is 71.3 cm³/mol. The first-order chi connectivity index (χ1) is 8.84. The van der Waals surface area contributed by atoms with Crippen molar-refractivity contribution in [1.82, 2.24) is 15.5 Å². The molecule has 0 amide bonds. The first-order valence-corrected chi connectivity index (χ1v) is 6.34. The molecule has 6 nitrogen and oxygen atoms in total. The molecule has 1 aliphatic heterocycles. The molecule has 2 heterocycles. The van der Waals surface area contributed by atoms with Gasteiger partial charge in [-0.15, -0.1) is 0 Å². The predicted octanol–water partition coefficient (Wildman–Crippen LogP) is -0.411. The molecule has 6 heteroatoms. The van der Waals surface area contributed by atoms with E-state index < -0.39 is 0 Å². The number of hydrogen-bond donors (Lipinski definition) is 3. The third kappa shape index (κ3) is 4.38. The lowest BCUT2D eigenvalue weighted by atomic mass is 10.3. The van der Waals surface area contributed by atoms with Crippen LogP contribution in [0.25, 0.3) is 0 Å². The van der Waals surface area contributed by atoms with Crippen LogP contribution in [0.3, 0.4) is 0 Å². The number of guanidine groups is 1. The lowest BCUT2D eigenvalue weighted by molar-refractivity contribution is 0.244. The second-order valence-corrected chi connectivity index (χ2v) is 4.30. The second-order valence-electron chi connectivity index (χ2n) is 4.30. The van der Waals surface area contributed by atoms with E-state index in [2.05, 4.69) is 20.5 Å². The highest BCUT2D eigenvalue weighted by Crippen LogP contribution is 2.00. The lowest BCUT2D eigenvalue weighted by Crippen LogP contribution is -2.47. The first-order valence-electron chi connectivity index (χ1n) is 6.34. The molecule has 1 fully saturated rings. The van der Waals surface area contributed by atoms with Gasteiger partial charge in [0.1, 0.15) is 12.3 Å². The summed E-state index contributed by atoms with van der Waals surface area (Å²) in [4.78, 5) is 6.61. The van der Waals surface area contributed by atoms with E-state index in [0.717, 1.165) is 45.0 Å². The van der Waals surface area contributed by atoms with Crippen molar-refractivity contribution in [3.63, 3.8) is 0 Å². The average molecular weight is 251 g/mol. The van der Waals surface area contributed by atoms with E-state index >= 15 is 0 Å². The van der Waals surface area contributed by atoms with Crippen LogP contribution in [-0.2, 0) is 6.54 Å². The number of piperazine rings is 1. The minimum absolute atomic E-state index is 0.474. The molecule has 2 rings (SSSR count). The molecule has 1 aromatic heterocycles. The topological polar surface area (TPSA) is 78.8 Å². The van der Waals surface area contributed by atoms with Gasteiger partial charge in [0.15, 0.2) is 5.96 Å². The lowest BCUT2D eigenvalue weighted by Gasteiger charge is -2.27. The Hall–Kier alpha value is -1.53. The molecule has 100 valence electrons. The molecule has 18 heavy (non-hydrogen) atoms. The number of hydrogen-bond acceptors (Lipinski definition) is 4. The number of furan rings is 1. The van der Waals surface area contributed by atoms with Gasteiger partial charge in [0.05, 0.1) is 6.26 Å². The van der Waals surface area contributed by atoms with Crippen molar-refractivity contribution >= 4 is 5.96 Å².